The van der Waals surface area contributed by atoms with Gasteiger partial charge in [0, 0.05) is 12.6 Å². The second-order valence-corrected chi connectivity index (χ2v) is 4.89. The third kappa shape index (κ3) is 3.80. The predicted octanol–water partition coefficient (Wildman–Crippen LogP) is 3.81. The quantitative estimate of drug-likeness (QED) is 0.788. The van der Waals surface area contributed by atoms with E-state index in [0.717, 1.165) is 6.20 Å². The monoisotopic (exact) mass is 301 g/mol. The van der Waals surface area contributed by atoms with Crippen molar-refractivity contribution in [3.8, 4) is 5.75 Å². The fourth-order valence-electron chi connectivity index (χ4n) is 1.44. The predicted molar refractivity (Wildman–Crippen MR) is 68.0 cm³/mol. The first-order chi connectivity index (χ1) is 9.47. The van der Waals surface area contributed by atoms with Crippen LogP contribution in [0.15, 0.2) is 36.5 Å². The van der Waals surface area contributed by atoms with Gasteiger partial charge in [-0.1, -0.05) is 18.2 Å². The molecule has 2 rings (SSSR count). The Bertz CT molecular complexity index is 581. The maximum absolute atomic E-state index is 12.3. The van der Waals surface area contributed by atoms with Gasteiger partial charge in [0.2, 0.25) is 0 Å². The van der Waals surface area contributed by atoms with Gasteiger partial charge in [-0.3, -0.25) is 4.79 Å². The van der Waals surface area contributed by atoms with Gasteiger partial charge < -0.3 is 4.74 Å². The van der Waals surface area contributed by atoms with Crippen molar-refractivity contribution < 1.29 is 22.7 Å². The van der Waals surface area contributed by atoms with Crippen LogP contribution < -0.4 is 4.74 Å². The molecule has 0 amide bonds. The molecule has 1 aromatic carbocycles. The van der Waals surface area contributed by atoms with Crippen LogP contribution in [0.5, 0.6) is 5.75 Å². The first-order valence-electron chi connectivity index (χ1n) is 5.71. The second-order valence-electron chi connectivity index (χ2n) is 3.86. The Morgan fingerprint density at radius 1 is 1.25 bits per heavy atom. The minimum Gasteiger partial charge on any atom is -0.493 e. The molecule has 2 aromatic rings. The summed E-state index contributed by atoms with van der Waals surface area (Å²) in [6.07, 6.45) is -3.55. The number of hydrogen-bond donors (Lipinski definition) is 0. The average molecular weight is 301 g/mol. The summed E-state index contributed by atoms with van der Waals surface area (Å²) in [5.74, 6) is 0.203. The zero-order valence-corrected chi connectivity index (χ0v) is 11.0. The molecule has 3 nitrogen and oxygen atoms in total. The van der Waals surface area contributed by atoms with Gasteiger partial charge in [0.25, 0.3) is 0 Å². The zero-order chi connectivity index (χ0) is 14.6. The topological polar surface area (TPSA) is 39.2 Å². The number of Topliss-reactive ketones (excluding diaryl/α,β-unsaturated/α-hetero) is 1. The molecule has 0 aliphatic rings. The summed E-state index contributed by atoms with van der Waals surface area (Å²) in [4.78, 5) is 14.9. The van der Waals surface area contributed by atoms with Gasteiger partial charge in [0.1, 0.15) is 5.75 Å². The summed E-state index contributed by atoms with van der Waals surface area (Å²) < 4.78 is 42.4. The highest BCUT2D eigenvalue weighted by molar-refractivity contribution is 7.13. The third-order valence-electron chi connectivity index (χ3n) is 2.36. The van der Waals surface area contributed by atoms with Gasteiger partial charge in [0.05, 0.1) is 11.5 Å². The number of rotatable bonds is 5. The van der Waals surface area contributed by atoms with E-state index in [4.69, 9.17) is 4.74 Å². The van der Waals surface area contributed by atoms with Crippen LogP contribution in [0.25, 0.3) is 0 Å². The molecular weight excluding hydrogens is 291 g/mol. The number of aromatic nitrogens is 1. The first-order valence-corrected chi connectivity index (χ1v) is 6.52. The fraction of sp³-hybridized carbons (Fsp3) is 0.231. The maximum atomic E-state index is 12.3. The molecule has 0 unspecified atom stereocenters. The summed E-state index contributed by atoms with van der Waals surface area (Å²) in [7, 11) is 0. The van der Waals surface area contributed by atoms with Crippen LogP contribution in [0.3, 0.4) is 0 Å². The molecule has 0 bridgehead atoms. The van der Waals surface area contributed by atoms with Gasteiger partial charge >= 0.3 is 6.18 Å². The lowest BCUT2D eigenvalue weighted by atomic mass is 10.2. The molecule has 7 heteroatoms. The Kier molecular flexibility index (Phi) is 4.39. The van der Waals surface area contributed by atoms with E-state index in [1.165, 1.54) is 0 Å². The van der Waals surface area contributed by atoms with Crippen molar-refractivity contribution in [1.82, 2.24) is 4.98 Å². The Labute approximate surface area is 117 Å². The van der Waals surface area contributed by atoms with Crippen molar-refractivity contribution >= 4 is 17.1 Å². The minimum atomic E-state index is -4.51. The highest BCUT2D eigenvalue weighted by Crippen LogP contribution is 2.32. The number of ether oxygens (including phenoxy) is 1. The molecule has 0 aliphatic carbocycles. The molecule has 1 heterocycles. The largest absolute Gasteiger partial charge is 0.493 e. The molecule has 0 aliphatic heterocycles. The molecule has 0 spiro atoms. The Hall–Kier alpha value is -1.89. The number of benzene rings is 1. The average Bonchev–Trinajstić information content (AvgIpc) is 2.89. The molecule has 0 fully saturated rings. The SMILES string of the molecule is O=C(CCOc1ccccc1)c1cnc(C(F)(F)F)s1. The van der Waals surface area contributed by atoms with Gasteiger partial charge in [-0.05, 0) is 12.1 Å². The summed E-state index contributed by atoms with van der Waals surface area (Å²) >= 11 is 0.353. The van der Waals surface area contributed by atoms with Crippen molar-refractivity contribution in [2.45, 2.75) is 12.6 Å². The van der Waals surface area contributed by atoms with Crippen LogP contribution >= 0.6 is 11.3 Å². The fourth-order valence-corrected chi connectivity index (χ4v) is 2.19. The van der Waals surface area contributed by atoms with Gasteiger partial charge in [-0.25, -0.2) is 4.98 Å². The lowest BCUT2D eigenvalue weighted by molar-refractivity contribution is -0.137. The van der Waals surface area contributed by atoms with E-state index in [1.807, 2.05) is 6.07 Å². The van der Waals surface area contributed by atoms with Crippen molar-refractivity contribution in [3.63, 3.8) is 0 Å². The van der Waals surface area contributed by atoms with Crippen LogP contribution in [0.2, 0.25) is 0 Å². The van der Waals surface area contributed by atoms with Crippen LogP contribution in [-0.2, 0) is 6.18 Å². The van der Waals surface area contributed by atoms with E-state index in [0.29, 0.717) is 17.1 Å². The highest BCUT2D eigenvalue weighted by Gasteiger charge is 2.35. The zero-order valence-electron chi connectivity index (χ0n) is 10.2. The van der Waals surface area contributed by atoms with Gasteiger partial charge in [0.15, 0.2) is 10.8 Å². The van der Waals surface area contributed by atoms with E-state index in [9.17, 15) is 18.0 Å². The molecule has 0 radical (unpaired) electrons. The van der Waals surface area contributed by atoms with Crippen molar-refractivity contribution in [2.24, 2.45) is 0 Å². The Morgan fingerprint density at radius 3 is 2.55 bits per heavy atom. The Balaban J connectivity index is 1.88. The molecule has 0 saturated carbocycles. The smallest absolute Gasteiger partial charge is 0.443 e. The highest BCUT2D eigenvalue weighted by atomic mass is 32.1. The van der Waals surface area contributed by atoms with Crippen molar-refractivity contribution in [1.29, 1.82) is 0 Å². The normalized spacial score (nSPS) is 11.3. The van der Waals surface area contributed by atoms with Crippen molar-refractivity contribution in [2.75, 3.05) is 6.61 Å². The standard InChI is InChI=1S/C13H10F3NO2S/c14-13(15,16)12-17-8-11(20-12)10(18)6-7-19-9-4-2-1-3-5-9/h1-5,8H,6-7H2. The number of halogens is 3. The number of ketones is 1. The summed E-state index contributed by atoms with van der Waals surface area (Å²) in [6.45, 7) is 0.113. The van der Waals surface area contributed by atoms with Crippen LogP contribution in [0, 0.1) is 0 Å². The third-order valence-corrected chi connectivity index (χ3v) is 3.45. The second kappa shape index (κ2) is 6.04. The van der Waals surface area contributed by atoms with Crippen LogP contribution in [0.1, 0.15) is 21.1 Å². The Morgan fingerprint density at radius 2 is 1.95 bits per heavy atom. The molecule has 0 N–H and O–H groups in total. The van der Waals surface area contributed by atoms with Crippen LogP contribution in [0.4, 0.5) is 13.2 Å². The van der Waals surface area contributed by atoms with E-state index in [1.54, 1.807) is 24.3 Å². The number of carbonyl (C=O) groups is 1. The summed E-state index contributed by atoms with van der Waals surface area (Å²) in [5, 5.41) is -1.01. The van der Waals surface area contributed by atoms with E-state index < -0.39 is 17.0 Å². The number of thiazole rings is 1. The lowest BCUT2D eigenvalue weighted by Gasteiger charge is -2.04. The number of nitrogens with zero attached hydrogens (tertiary/aromatic N) is 1. The molecule has 106 valence electrons. The van der Waals surface area contributed by atoms with Crippen molar-refractivity contribution in [3.05, 3.63) is 46.4 Å². The molecule has 20 heavy (non-hydrogen) atoms. The van der Waals surface area contributed by atoms with Crippen LogP contribution in [-0.4, -0.2) is 17.4 Å². The molecule has 0 atom stereocenters. The van der Waals surface area contributed by atoms with Gasteiger partial charge in [-0.2, -0.15) is 13.2 Å². The van der Waals surface area contributed by atoms with E-state index in [-0.39, 0.29) is 17.9 Å². The number of para-hydroxylation sites is 1. The summed E-state index contributed by atoms with van der Waals surface area (Å²) in [5.41, 5.74) is 0. The van der Waals surface area contributed by atoms with E-state index >= 15 is 0 Å². The lowest BCUT2D eigenvalue weighted by Crippen LogP contribution is -2.05. The number of carbonyl (C=O) groups excluding carboxylic acids is 1. The molecular formula is C13H10F3NO2S. The number of hydrogen-bond acceptors (Lipinski definition) is 4. The number of alkyl halides is 3. The summed E-state index contributed by atoms with van der Waals surface area (Å²) in [6, 6.07) is 8.87. The minimum absolute atomic E-state index is 0.00557. The van der Waals surface area contributed by atoms with Gasteiger partial charge in [-0.15, -0.1) is 11.3 Å². The molecule has 0 saturated heterocycles. The first kappa shape index (κ1) is 14.5. The molecule has 1 aromatic heterocycles. The van der Waals surface area contributed by atoms with E-state index in [2.05, 4.69) is 4.98 Å². The maximum Gasteiger partial charge on any atom is 0.443 e.